The Morgan fingerprint density at radius 1 is 1.03 bits per heavy atom. The Balaban J connectivity index is 0.00000320. The molecule has 0 aromatic heterocycles. The number of ether oxygens (including phenoxy) is 1. The van der Waals surface area contributed by atoms with Gasteiger partial charge in [-0.15, -0.1) is 24.0 Å². The number of carbonyl (C=O) groups excluding carboxylic acids is 1. The number of hydrogen-bond donors (Lipinski definition) is 3. The molecule has 0 unspecified atom stereocenters. The van der Waals surface area contributed by atoms with Crippen molar-refractivity contribution in [3.8, 4) is 0 Å². The molecule has 0 radical (unpaired) electrons. The van der Waals surface area contributed by atoms with Crippen LogP contribution in [0.4, 0.5) is 0 Å². The largest absolute Gasteiger partial charge is 0.379 e. The van der Waals surface area contributed by atoms with E-state index in [1.165, 1.54) is 51.4 Å². The minimum Gasteiger partial charge on any atom is -0.379 e. The maximum absolute atomic E-state index is 12.3. The van der Waals surface area contributed by atoms with Crippen molar-refractivity contribution >= 4 is 35.8 Å². The molecule has 8 heteroatoms. The first-order chi connectivity index (χ1) is 14.2. The van der Waals surface area contributed by atoms with Crippen LogP contribution >= 0.6 is 24.0 Å². The van der Waals surface area contributed by atoms with Crippen LogP contribution in [0.3, 0.4) is 0 Å². The smallest absolute Gasteiger partial charge is 0.242 e. The third kappa shape index (κ3) is 7.82. The van der Waals surface area contributed by atoms with Crippen molar-refractivity contribution in [2.24, 2.45) is 4.99 Å². The molecule has 174 valence electrons. The summed E-state index contributed by atoms with van der Waals surface area (Å²) in [6, 6.07) is 0.342. The number of morpholine rings is 1. The van der Waals surface area contributed by atoms with Gasteiger partial charge in [0.2, 0.25) is 5.91 Å². The van der Waals surface area contributed by atoms with Crippen LogP contribution in [0.2, 0.25) is 0 Å². The third-order valence-electron chi connectivity index (χ3n) is 6.75. The zero-order chi connectivity index (χ0) is 20.4. The first-order valence-electron chi connectivity index (χ1n) is 11.9. The van der Waals surface area contributed by atoms with E-state index in [9.17, 15) is 4.79 Å². The van der Waals surface area contributed by atoms with Gasteiger partial charge >= 0.3 is 0 Å². The van der Waals surface area contributed by atoms with E-state index in [4.69, 9.17) is 4.74 Å². The second kappa shape index (κ2) is 13.7. The van der Waals surface area contributed by atoms with Crippen LogP contribution < -0.4 is 16.0 Å². The number of amides is 1. The van der Waals surface area contributed by atoms with Gasteiger partial charge in [0, 0.05) is 37.8 Å². The van der Waals surface area contributed by atoms with Gasteiger partial charge in [0.1, 0.15) is 6.54 Å². The molecule has 0 spiro atoms. The highest BCUT2D eigenvalue weighted by Gasteiger charge is 2.38. The average Bonchev–Trinajstić information content (AvgIpc) is 2.77. The lowest BCUT2D eigenvalue weighted by Crippen LogP contribution is -2.60. The minimum absolute atomic E-state index is 0. The SMILES string of the molecule is CCNC(=NCC(=O)NC1CCCCC1)NCC1(N2CCOCC2)CCCCC1.I. The number of nitrogens with one attached hydrogen (secondary N) is 3. The maximum Gasteiger partial charge on any atom is 0.242 e. The molecule has 1 amide bonds. The Labute approximate surface area is 199 Å². The van der Waals surface area contributed by atoms with Crippen LogP contribution in [-0.2, 0) is 9.53 Å². The average molecular weight is 536 g/mol. The van der Waals surface area contributed by atoms with E-state index in [0.717, 1.165) is 58.2 Å². The summed E-state index contributed by atoms with van der Waals surface area (Å²) in [4.78, 5) is 19.5. The fourth-order valence-electron chi connectivity index (χ4n) is 5.11. The summed E-state index contributed by atoms with van der Waals surface area (Å²) in [6.45, 7) is 7.62. The molecule has 1 aliphatic heterocycles. The van der Waals surface area contributed by atoms with Gasteiger partial charge in [-0.1, -0.05) is 38.5 Å². The second-order valence-corrected chi connectivity index (χ2v) is 8.84. The Morgan fingerprint density at radius 3 is 2.37 bits per heavy atom. The molecule has 1 heterocycles. The summed E-state index contributed by atoms with van der Waals surface area (Å²) >= 11 is 0. The van der Waals surface area contributed by atoms with Gasteiger partial charge in [-0.05, 0) is 32.6 Å². The summed E-state index contributed by atoms with van der Waals surface area (Å²) < 4.78 is 5.58. The predicted octanol–water partition coefficient (Wildman–Crippen LogP) is 2.64. The molecule has 3 N–H and O–H groups in total. The van der Waals surface area contributed by atoms with Crippen LogP contribution in [0, 0.1) is 0 Å². The zero-order valence-electron chi connectivity index (χ0n) is 18.7. The molecule has 7 nitrogen and oxygen atoms in total. The van der Waals surface area contributed by atoms with E-state index in [0.29, 0.717) is 6.04 Å². The Bertz CT molecular complexity index is 528. The lowest BCUT2D eigenvalue weighted by molar-refractivity contribution is -0.120. The fraction of sp³-hybridized carbons (Fsp3) is 0.909. The summed E-state index contributed by atoms with van der Waals surface area (Å²) in [6.07, 6.45) is 12.3. The van der Waals surface area contributed by atoms with Gasteiger partial charge in [-0.25, -0.2) is 4.99 Å². The molecule has 0 aromatic rings. The molecule has 0 atom stereocenters. The van der Waals surface area contributed by atoms with Crippen molar-refractivity contribution in [2.45, 2.75) is 82.7 Å². The zero-order valence-corrected chi connectivity index (χ0v) is 21.0. The first kappa shape index (κ1) is 25.6. The normalized spacial score (nSPS) is 23.3. The number of halogens is 1. The van der Waals surface area contributed by atoms with Gasteiger partial charge in [-0.2, -0.15) is 0 Å². The molecule has 3 fully saturated rings. The first-order valence-corrected chi connectivity index (χ1v) is 11.9. The third-order valence-corrected chi connectivity index (χ3v) is 6.75. The lowest BCUT2D eigenvalue weighted by Gasteiger charge is -2.48. The van der Waals surface area contributed by atoms with Crippen LogP contribution in [0.25, 0.3) is 0 Å². The van der Waals surface area contributed by atoms with Gasteiger partial charge in [-0.3, -0.25) is 9.69 Å². The lowest BCUT2D eigenvalue weighted by atomic mass is 9.80. The summed E-state index contributed by atoms with van der Waals surface area (Å²) in [5, 5.41) is 10.0. The molecule has 1 saturated heterocycles. The summed E-state index contributed by atoms with van der Waals surface area (Å²) in [5.41, 5.74) is 0.183. The van der Waals surface area contributed by atoms with Crippen molar-refractivity contribution in [1.82, 2.24) is 20.9 Å². The van der Waals surface area contributed by atoms with E-state index >= 15 is 0 Å². The van der Waals surface area contributed by atoms with Gasteiger partial charge in [0.15, 0.2) is 5.96 Å². The van der Waals surface area contributed by atoms with Crippen molar-refractivity contribution in [3.63, 3.8) is 0 Å². The summed E-state index contributed by atoms with van der Waals surface area (Å²) in [7, 11) is 0. The van der Waals surface area contributed by atoms with E-state index in [1.807, 2.05) is 0 Å². The van der Waals surface area contributed by atoms with Crippen LogP contribution in [0.1, 0.15) is 71.1 Å². The maximum atomic E-state index is 12.3. The monoisotopic (exact) mass is 535 g/mol. The highest BCUT2D eigenvalue weighted by Crippen LogP contribution is 2.33. The number of nitrogens with zero attached hydrogens (tertiary/aromatic N) is 2. The van der Waals surface area contributed by atoms with Crippen LogP contribution in [0.15, 0.2) is 4.99 Å². The number of hydrogen-bond acceptors (Lipinski definition) is 4. The quantitative estimate of drug-likeness (QED) is 0.266. The minimum atomic E-state index is 0. The topological polar surface area (TPSA) is 78.0 Å². The number of guanidine groups is 1. The second-order valence-electron chi connectivity index (χ2n) is 8.84. The highest BCUT2D eigenvalue weighted by molar-refractivity contribution is 14.0. The predicted molar refractivity (Wildman–Crippen MR) is 133 cm³/mol. The molecular formula is C22H42IN5O2. The van der Waals surface area contributed by atoms with E-state index in [-0.39, 0.29) is 42.0 Å². The van der Waals surface area contributed by atoms with E-state index in [1.54, 1.807) is 0 Å². The Kier molecular flexibility index (Phi) is 11.7. The number of carbonyl (C=O) groups is 1. The van der Waals surface area contributed by atoms with Crippen molar-refractivity contribution in [2.75, 3.05) is 45.9 Å². The van der Waals surface area contributed by atoms with E-state index in [2.05, 4.69) is 32.8 Å². The van der Waals surface area contributed by atoms with Crippen molar-refractivity contribution < 1.29 is 9.53 Å². The fourth-order valence-corrected chi connectivity index (χ4v) is 5.11. The molecule has 3 aliphatic rings. The molecule has 0 aromatic carbocycles. The van der Waals surface area contributed by atoms with E-state index < -0.39 is 0 Å². The van der Waals surface area contributed by atoms with Gasteiger partial charge in [0.05, 0.1) is 13.2 Å². The van der Waals surface area contributed by atoms with Crippen LogP contribution in [0.5, 0.6) is 0 Å². The van der Waals surface area contributed by atoms with Crippen molar-refractivity contribution in [3.05, 3.63) is 0 Å². The van der Waals surface area contributed by atoms with Gasteiger partial charge < -0.3 is 20.7 Å². The molecule has 0 bridgehead atoms. The van der Waals surface area contributed by atoms with Crippen molar-refractivity contribution in [1.29, 1.82) is 0 Å². The number of aliphatic imine (C=N–C) groups is 1. The standard InChI is InChI=1S/C22H41N5O2.HI/c1-2-23-21(24-17-20(28)26-19-9-5-3-6-10-19)25-18-22(11-7-4-8-12-22)27-13-15-29-16-14-27;/h19H,2-18H2,1H3,(H,26,28)(H2,23,24,25);1H. The highest BCUT2D eigenvalue weighted by atomic mass is 127. The molecule has 3 rings (SSSR count). The molecule has 2 aliphatic carbocycles. The Morgan fingerprint density at radius 2 is 1.70 bits per heavy atom. The number of rotatable bonds is 7. The van der Waals surface area contributed by atoms with Gasteiger partial charge in [0.25, 0.3) is 0 Å². The van der Waals surface area contributed by atoms with Crippen LogP contribution in [-0.4, -0.2) is 74.3 Å². The summed E-state index contributed by atoms with van der Waals surface area (Å²) in [5.74, 6) is 0.791. The molecular weight excluding hydrogens is 493 g/mol. The molecule has 2 saturated carbocycles. The Hall–Kier alpha value is -0.610. The molecule has 30 heavy (non-hydrogen) atoms.